The minimum atomic E-state index is -0.247. The Hall–Kier alpha value is -3.14. The molecule has 0 aromatic carbocycles. The average Bonchev–Trinajstić information content (AvgIpc) is 3.38. The Balaban J connectivity index is 1.49. The molecule has 5 rings (SSSR count). The van der Waals surface area contributed by atoms with Crippen molar-refractivity contribution in [2.75, 3.05) is 34.8 Å². The molecule has 0 unspecified atom stereocenters. The number of carbonyl (C=O) groups is 1. The first-order valence-electron chi connectivity index (χ1n) is 10.6. The molecule has 30 heavy (non-hydrogen) atoms. The number of nitrogens with one attached hydrogen (secondary N) is 1. The standard InChI is InChI=1S/C23H26N6O/c1-4-22(11-24)12-28(13-22)20-7-15(2)8-21(27-20)29-14-23(5-6-23)17-10-25-19(9-18(17)29)26-16(3)30/h7-10H,4-6,12-14H2,1-3H3,(H,25,26,30). The number of hydrogen-bond donors (Lipinski definition) is 1. The van der Waals surface area contributed by atoms with Crippen LogP contribution in [-0.2, 0) is 10.2 Å². The first-order chi connectivity index (χ1) is 14.4. The van der Waals surface area contributed by atoms with Crippen LogP contribution in [0.15, 0.2) is 24.4 Å². The molecule has 0 radical (unpaired) electrons. The fourth-order valence-corrected chi connectivity index (χ4v) is 4.73. The SMILES string of the molecule is CCC1(C#N)CN(c2cc(C)cc(N3CC4(CC4)c4cnc(NC(C)=O)cc43)n2)C1. The van der Waals surface area contributed by atoms with E-state index in [0.29, 0.717) is 5.82 Å². The van der Waals surface area contributed by atoms with E-state index in [1.54, 1.807) is 0 Å². The van der Waals surface area contributed by atoms with Crippen molar-refractivity contribution >= 4 is 29.0 Å². The summed E-state index contributed by atoms with van der Waals surface area (Å²) in [6, 6.07) is 8.66. The van der Waals surface area contributed by atoms with E-state index in [-0.39, 0.29) is 16.7 Å². The number of amides is 1. The molecular formula is C23H26N6O. The molecule has 1 spiro atoms. The van der Waals surface area contributed by atoms with E-state index in [0.717, 1.165) is 61.8 Å². The van der Waals surface area contributed by atoms with Crippen molar-refractivity contribution in [2.45, 2.75) is 45.4 Å². The van der Waals surface area contributed by atoms with Crippen LogP contribution in [-0.4, -0.2) is 35.5 Å². The molecule has 1 amide bonds. The first kappa shape index (κ1) is 18.9. The molecule has 2 aliphatic heterocycles. The summed E-state index contributed by atoms with van der Waals surface area (Å²) >= 11 is 0. The molecule has 1 saturated heterocycles. The zero-order chi connectivity index (χ0) is 21.1. The smallest absolute Gasteiger partial charge is 0.222 e. The molecule has 2 fully saturated rings. The van der Waals surface area contributed by atoms with Gasteiger partial charge in [-0.05, 0) is 43.9 Å². The molecule has 3 aliphatic rings. The van der Waals surface area contributed by atoms with Gasteiger partial charge in [-0.25, -0.2) is 9.97 Å². The zero-order valence-corrected chi connectivity index (χ0v) is 17.7. The average molecular weight is 403 g/mol. The zero-order valence-electron chi connectivity index (χ0n) is 17.7. The molecule has 1 aliphatic carbocycles. The number of pyridine rings is 2. The number of aryl methyl sites for hydroxylation is 1. The molecule has 4 heterocycles. The first-order valence-corrected chi connectivity index (χ1v) is 10.6. The summed E-state index contributed by atoms with van der Waals surface area (Å²) in [5.41, 5.74) is 3.40. The predicted molar refractivity (Wildman–Crippen MR) is 116 cm³/mol. The van der Waals surface area contributed by atoms with E-state index in [4.69, 9.17) is 4.98 Å². The van der Waals surface area contributed by atoms with Crippen molar-refractivity contribution in [3.8, 4) is 6.07 Å². The second-order valence-electron chi connectivity index (χ2n) is 9.10. The maximum absolute atomic E-state index is 11.5. The monoisotopic (exact) mass is 402 g/mol. The fraction of sp³-hybridized carbons (Fsp3) is 0.478. The highest BCUT2D eigenvalue weighted by molar-refractivity contribution is 5.89. The summed E-state index contributed by atoms with van der Waals surface area (Å²) < 4.78 is 0. The van der Waals surface area contributed by atoms with Crippen LogP contribution in [0.25, 0.3) is 0 Å². The van der Waals surface area contributed by atoms with Gasteiger partial charge in [0.25, 0.3) is 0 Å². The molecule has 2 aromatic heterocycles. The molecule has 2 aromatic rings. The van der Waals surface area contributed by atoms with E-state index in [9.17, 15) is 10.1 Å². The molecule has 0 atom stereocenters. The highest BCUT2D eigenvalue weighted by Crippen LogP contribution is 2.58. The number of nitriles is 1. The van der Waals surface area contributed by atoms with Crippen LogP contribution < -0.4 is 15.1 Å². The Morgan fingerprint density at radius 3 is 2.60 bits per heavy atom. The molecule has 154 valence electrons. The van der Waals surface area contributed by atoms with Crippen molar-refractivity contribution in [1.82, 2.24) is 9.97 Å². The molecule has 1 saturated carbocycles. The molecule has 7 heteroatoms. The number of carbonyl (C=O) groups excluding carboxylic acids is 1. The van der Waals surface area contributed by atoms with E-state index in [1.165, 1.54) is 12.5 Å². The van der Waals surface area contributed by atoms with Gasteiger partial charge in [-0.15, -0.1) is 0 Å². The molecular weight excluding hydrogens is 376 g/mol. The number of aromatic nitrogens is 2. The number of nitrogens with zero attached hydrogens (tertiary/aromatic N) is 5. The Kier molecular flexibility index (Phi) is 4.04. The lowest BCUT2D eigenvalue weighted by Crippen LogP contribution is -2.55. The van der Waals surface area contributed by atoms with Crippen LogP contribution in [0, 0.1) is 23.7 Å². The number of anilines is 4. The number of fused-ring (bicyclic) bond motifs is 2. The Labute approximate surface area is 176 Å². The maximum atomic E-state index is 11.5. The highest BCUT2D eigenvalue weighted by Gasteiger charge is 2.52. The van der Waals surface area contributed by atoms with Crippen molar-refractivity contribution < 1.29 is 4.79 Å². The van der Waals surface area contributed by atoms with Gasteiger partial charge in [-0.2, -0.15) is 5.26 Å². The van der Waals surface area contributed by atoms with Gasteiger partial charge in [0.1, 0.15) is 17.5 Å². The van der Waals surface area contributed by atoms with Gasteiger partial charge in [0.15, 0.2) is 0 Å². The van der Waals surface area contributed by atoms with E-state index in [2.05, 4.69) is 52.2 Å². The molecule has 0 bridgehead atoms. The van der Waals surface area contributed by atoms with Gasteiger partial charge < -0.3 is 15.1 Å². The van der Waals surface area contributed by atoms with Crippen molar-refractivity contribution in [2.24, 2.45) is 5.41 Å². The summed E-state index contributed by atoms with van der Waals surface area (Å²) in [7, 11) is 0. The van der Waals surface area contributed by atoms with Crippen LogP contribution in [0.2, 0.25) is 0 Å². The molecule has 1 N–H and O–H groups in total. The van der Waals surface area contributed by atoms with Gasteiger partial charge in [-0.1, -0.05) is 6.92 Å². The van der Waals surface area contributed by atoms with Crippen LogP contribution in [0.1, 0.15) is 44.2 Å². The Morgan fingerprint density at radius 1 is 1.23 bits per heavy atom. The topological polar surface area (TPSA) is 85.2 Å². The van der Waals surface area contributed by atoms with Crippen LogP contribution in [0.5, 0.6) is 0 Å². The van der Waals surface area contributed by atoms with Gasteiger partial charge in [0.2, 0.25) is 5.91 Å². The van der Waals surface area contributed by atoms with Gasteiger partial charge in [-0.3, -0.25) is 4.79 Å². The fourth-order valence-electron chi connectivity index (χ4n) is 4.73. The summed E-state index contributed by atoms with van der Waals surface area (Å²) in [6.07, 6.45) is 5.09. The summed E-state index contributed by atoms with van der Waals surface area (Å²) in [4.78, 5) is 25.4. The third-order valence-corrected chi connectivity index (χ3v) is 6.81. The van der Waals surface area contributed by atoms with Crippen molar-refractivity contribution in [3.63, 3.8) is 0 Å². The lowest BCUT2D eigenvalue weighted by atomic mass is 9.79. The van der Waals surface area contributed by atoms with Gasteiger partial charge >= 0.3 is 0 Å². The number of rotatable bonds is 4. The molecule has 7 nitrogen and oxygen atoms in total. The lowest BCUT2D eigenvalue weighted by molar-refractivity contribution is -0.114. The largest absolute Gasteiger partial charge is 0.353 e. The van der Waals surface area contributed by atoms with E-state index >= 15 is 0 Å². The van der Waals surface area contributed by atoms with Crippen molar-refractivity contribution in [3.05, 3.63) is 35.5 Å². The second kappa shape index (κ2) is 6.43. The third kappa shape index (κ3) is 2.90. The highest BCUT2D eigenvalue weighted by atomic mass is 16.1. The Morgan fingerprint density at radius 2 is 1.97 bits per heavy atom. The quantitative estimate of drug-likeness (QED) is 0.840. The maximum Gasteiger partial charge on any atom is 0.222 e. The van der Waals surface area contributed by atoms with Crippen LogP contribution in [0.3, 0.4) is 0 Å². The summed E-state index contributed by atoms with van der Waals surface area (Å²) in [5.74, 6) is 2.29. The lowest BCUT2D eigenvalue weighted by Gasteiger charge is -2.46. The minimum Gasteiger partial charge on any atom is -0.353 e. The minimum absolute atomic E-state index is 0.126. The van der Waals surface area contributed by atoms with E-state index in [1.807, 2.05) is 12.3 Å². The predicted octanol–water partition coefficient (Wildman–Crippen LogP) is 3.67. The van der Waals surface area contributed by atoms with Gasteiger partial charge in [0.05, 0.1) is 17.2 Å². The van der Waals surface area contributed by atoms with E-state index < -0.39 is 0 Å². The third-order valence-electron chi connectivity index (χ3n) is 6.81. The van der Waals surface area contributed by atoms with Crippen molar-refractivity contribution in [1.29, 1.82) is 5.26 Å². The van der Waals surface area contributed by atoms with Crippen LogP contribution >= 0.6 is 0 Å². The van der Waals surface area contributed by atoms with Gasteiger partial charge in [0, 0.05) is 49.8 Å². The summed E-state index contributed by atoms with van der Waals surface area (Å²) in [6.45, 7) is 8.01. The normalized spacial score (nSPS) is 19.8. The van der Waals surface area contributed by atoms with Crippen LogP contribution in [0.4, 0.5) is 23.1 Å². The summed E-state index contributed by atoms with van der Waals surface area (Å²) in [5, 5.41) is 12.3. The number of hydrogen-bond acceptors (Lipinski definition) is 6. The second-order valence-corrected chi connectivity index (χ2v) is 9.10. The Bertz CT molecular complexity index is 1080.